The number of hydrogen-bond acceptors (Lipinski definition) is 4. The standard InChI is InChI=1S/C21H19ClFN3O2S/c1-13-7-8-16(11-17(13)22)26-20(27)10-9-19(25-26)29-14(2)21(28)24-12-15-5-3-4-6-18(15)23/h3-11,14H,12H2,1-2H3,(H,24,28)/t14-/m1/s1. The van der Waals surface area contributed by atoms with Gasteiger partial charge in [-0.25, -0.2) is 4.39 Å². The monoisotopic (exact) mass is 431 g/mol. The average molecular weight is 432 g/mol. The van der Waals surface area contributed by atoms with Crippen LogP contribution in [0.15, 0.2) is 64.4 Å². The molecule has 8 heteroatoms. The topological polar surface area (TPSA) is 64.0 Å². The van der Waals surface area contributed by atoms with Crippen LogP contribution in [0, 0.1) is 12.7 Å². The van der Waals surface area contributed by atoms with E-state index in [9.17, 15) is 14.0 Å². The molecule has 0 spiro atoms. The number of nitrogens with one attached hydrogen (secondary N) is 1. The fourth-order valence-electron chi connectivity index (χ4n) is 2.56. The number of aryl methyl sites for hydroxylation is 1. The Morgan fingerprint density at radius 1 is 1.24 bits per heavy atom. The van der Waals surface area contributed by atoms with Gasteiger partial charge in [-0.05, 0) is 43.7 Å². The molecule has 0 aliphatic rings. The normalized spacial score (nSPS) is 11.9. The zero-order chi connectivity index (χ0) is 21.0. The number of halogens is 2. The highest BCUT2D eigenvalue weighted by Gasteiger charge is 2.16. The number of aromatic nitrogens is 2. The van der Waals surface area contributed by atoms with Gasteiger partial charge in [-0.3, -0.25) is 9.59 Å². The number of carbonyl (C=O) groups is 1. The largest absolute Gasteiger partial charge is 0.351 e. The fourth-order valence-corrected chi connectivity index (χ4v) is 3.56. The summed E-state index contributed by atoms with van der Waals surface area (Å²) < 4.78 is 14.9. The number of benzene rings is 2. The Balaban J connectivity index is 1.71. The second-order valence-corrected chi connectivity index (χ2v) is 8.19. The van der Waals surface area contributed by atoms with Crippen LogP contribution in [0.1, 0.15) is 18.1 Å². The number of thioether (sulfide) groups is 1. The molecule has 1 N–H and O–H groups in total. The molecule has 0 radical (unpaired) electrons. The van der Waals surface area contributed by atoms with Gasteiger partial charge in [0.05, 0.1) is 10.9 Å². The molecule has 0 fully saturated rings. The minimum absolute atomic E-state index is 0.102. The Morgan fingerprint density at radius 3 is 2.72 bits per heavy atom. The third kappa shape index (κ3) is 5.25. The average Bonchev–Trinajstić information content (AvgIpc) is 2.70. The highest BCUT2D eigenvalue weighted by Crippen LogP contribution is 2.22. The van der Waals surface area contributed by atoms with Gasteiger partial charge in [0.2, 0.25) is 5.91 Å². The molecule has 0 unspecified atom stereocenters. The molecular weight excluding hydrogens is 413 g/mol. The van der Waals surface area contributed by atoms with Crippen molar-refractivity contribution in [2.24, 2.45) is 0 Å². The first-order valence-corrected chi connectivity index (χ1v) is 10.2. The molecule has 1 amide bonds. The van der Waals surface area contributed by atoms with Crippen molar-refractivity contribution in [3.63, 3.8) is 0 Å². The maximum atomic E-state index is 13.7. The van der Waals surface area contributed by atoms with Crippen LogP contribution in [-0.2, 0) is 11.3 Å². The highest BCUT2D eigenvalue weighted by atomic mass is 35.5. The van der Waals surface area contributed by atoms with Crippen LogP contribution >= 0.6 is 23.4 Å². The van der Waals surface area contributed by atoms with Crippen LogP contribution in [0.3, 0.4) is 0 Å². The van der Waals surface area contributed by atoms with Crippen molar-refractivity contribution >= 4 is 29.3 Å². The predicted molar refractivity (Wildman–Crippen MR) is 113 cm³/mol. The van der Waals surface area contributed by atoms with Crippen molar-refractivity contribution in [1.82, 2.24) is 15.1 Å². The molecule has 1 aromatic heterocycles. The van der Waals surface area contributed by atoms with Crippen LogP contribution in [0.5, 0.6) is 0 Å². The Bertz CT molecular complexity index is 1100. The highest BCUT2D eigenvalue weighted by molar-refractivity contribution is 8.00. The molecule has 1 heterocycles. The summed E-state index contributed by atoms with van der Waals surface area (Å²) in [5.74, 6) is -0.616. The molecule has 5 nitrogen and oxygen atoms in total. The zero-order valence-electron chi connectivity index (χ0n) is 15.9. The van der Waals surface area contributed by atoms with Gasteiger partial charge in [0, 0.05) is 23.2 Å². The molecule has 0 bridgehead atoms. The van der Waals surface area contributed by atoms with E-state index in [1.54, 1.807) is 43.3 Å². The fraction of sp³-hybridized carbons (Fsp3) is 0.190. The van der Waals surface area contributed by atoms with Crippen molar-refractivity contribution in [2.75, 3.05) is 0 Å². The van der Waals surface area contributed by atoms with Crippen LogP contribution in [0.4, 0.5) is 4.39 Å². The predicted octanol–water partition coefficient (Wildman–Crippen LogP) is 4.13. The van der Waals surface area contributed by atoms with Crippen molar-refractivity contribution < 1.29 is 9.18 Å². The van der Waals surface area contributed by atoms with Crippen LogP contribution in [0.2, 0.25) is 5.02 Å². The first-order chi connectivity index (χ1) is 13.8. The molecule has 0 saturated carbocycles. The molecule has 0 aliphatic heterocycles. The van der Waals surface area contributed by atoms with E-state index in [1.807, 2.05) is 13.0 Å². The van der Waals surface area contributed by atoms with E-state index in [0.717, 1.165) is 5.56 Å². The van der Waals surface area contributed by atoms with Gasteiger partial charge >= 0.3 is 0 Å². The number of amides is 1. The minimum atomic E-state index is -0.484. The summed E-state index contributed by atoms with van der Waals surface area (Å²) in [6.45, 7) is 3.70. The summed E-state index contributed by atoms with van der Waals surface area (Å²) in [6, 6.07) is 14.5. The van der Waals surface area contributed by atoms with Crippen molar-refractivity contribution in [2.45, 2.75) is 30.7 Å². The maximum Gasteiger partial charge on any atom is 0.271 e. The zero-order valence-corrected chi connectivity index (χ0v) is 17.4. The summed E-state index contributed by atoms with van der Waals surface area (Å²) in [5, 5.41) is 7.62. The van der Waals surface area contributed by atoms with Gasteiger partial charge < -0.3 is 5.32 Å². The summed E-state index contributed by atoms with van der Waals surface area (Å²) in [6.07, 6.45) is 0. The molecule has 0 saturated heterocycles. The van der Waals surface area contributed by atoms with Crippen LogP contribution < -0.4 is 10.9 Å². The lowest BCUT2D eigenvalue weighted by Crippen LogP contribution is -2.31. The van der Waals surface area contributed by atoms with E-state index in [4.69, 9.17) is 11.6 Å². The summed E-state index contributed by atoms with van der Waals surface area (Å²) >= 11 is 7.36. The van der Waals surface area contributed by atoms with Gasteiger partial charge in [-0.2, -0.15) is 9.78 Å². The van der Waals surface area contributed by atoms with Crippen molar-refractivity contribution in [3.8, 4) is 5.69 Å². The Morgan fingerprint density at radius 2 is 2.00 bits per heavy atom. The van der Waals surface area contributed by atoms with E-state index in [-0.39, 0.29) is 23.8 Å². The van der Waals surface area contributed by atoms with Gasteiger partial charge in [0.25, 0.3) is 5.56 Å². The number of rotatable bonds is 6. The lowest BCUT2D eigenvalue weighted by molar-refractivity contribution is -0.120. The third-order valence-electron chi connectivity index (χ3n) is 4.25. The Kier molecular flexibility index (Phi) is 6.71. The first-order valence-electron chi connectivity index (χ1n) is 8.90. The molecule has 3 aromatic rings. The maximum absolute atomic E-state index is 13.7. The van der Waals surface area contributed by atoms with Crippen molar-refractivity contribution in [1.29, 1.82) is 0 Å². The first kappa shape index (κ1) is 21.1. The number of carbonyl (C=O) groups excluding carboxylic acids is 1. The summed E-state index contributed by atoms with van der Waals surface area (Å²) in [7, 11) is 0. The van der Waals surface area contributed by atoms with Crippen molar-refractivity contribution in [3.05, 3.63) is 86.9 Å². The quantitative estimate of drug-likeness (QED) is 0.596. The minimum Gasteiger partial charge on any atom is -0.351 e. The lowest BCUT2D eigenvalue weighted by Gasteiger charge is -2.13. The molecule has 0 aliphatic carbocycles. The second-order valence-electron chi connectivity index (χ2n) is 6.42. The molecular formula is C21H19ClFN3O2S. The Hall–Kier alpha value is -2.64. The van der Waals surface area contributed by atoms with E-state index in [0.29, 0.717) is 21.3 Å². The Labute approximate surface area is 176 Å². The van der Waals surface area contributed by atoms with Crippen LogP contribution in [0.25, 0.3) is 5.69 Å². The SMILES string of the molecule is Cc1ccc(-n2nc(S[C@H](C)C(=O)NCc3ccccc3F)ccc2=O)cc1Cl. The number of hydrogen-bond donors (Lipinski definition) is 1. The number of nitrogens with zero attached hydrogens (tertiary/aromatic N) is 2. The van der Waals surface area contributed by atoms with Gasteiger partial charge in [-0.1, -0.05) is 47.6 Å². The molecule has 150 valence electrons. The van der Waals surface area contributed by atoms with Crippen LogP contribution in [-0.4, -0.2) is 20.9 Å². The van der Waals surface area contributed by atoms with Gasteiger partial charge in [0.1, 0.15) is 10.8 Å². The van der Waals surface area contributed by atoms with Gasteiger partial charge in [0.15, 0.2) is 0 Å². The molecule has 29 heavy (non-hydrogen) atoms. The summed E-state index contributed by atoms with van der Waals surface area (Å²) in [5.41, 5.74) is 1.56. The van der Waals surface area contributed by atoms with Gasteiger partial charge in [-0.15, -0.1) is 0 Å². The van der Waals surface area contributed by atoms with E-state index in [2.05, 4.69) is 10.4 Å². The third-order valence-corrected chi connectivity index (χ3v) is 5.69. The molecule has 2 aromatic carbocycles. The smallest absolute Gasteiger partial charge is 0.271 e. The second kappa shape index (κ2) is 9.24. The van der Waals surface area contributed by atoms with E-state index in [1.165, 1.54) is 28.6 Å². The lowest BCUT2D eigenvalue weighted by atomic mass is 10.2. The van der Waals surface area contributed by atoms with E-state index >= 15 is 0 Å². The molecule has 1 atom stereocenters. The molecule has 3 rings (SSSR count). The summed E-state index contributed by atoms with van der Waals surface area (Å²) in [4.78, 5) is 24.6. The van der Waals surface area contributed by atoms with E-state index < -0.39 is 5.25 Å².